The van der Waals surface area contributed by atoms with Gasteiger partial charge in [0, 0.05) is 5.56 Å². The second-order valence-electron chi connectivity index (χ2n) is 6.90. The fourth-order valence-electron chi connectivity index (χ4n) is 3.30. The highest BCUT2D eigenvalue weighted by Crippen LogP contribution is 2.31. The minimum Gasteiger partial charge on any atom is -0.497 e. The Labute approximate surface area is 190 Å². The summed E-state index contributed by atoms with van der Waals surface area (Å²) in [5.41, 5.74) is 2.68. The highest BCUT2D eigenvalue weighted by atomic mass is 35.5. The topological polar surface area (TPSA) is 68.2 Å². The van der Waals surface area contributed by atoms with E-state index in [1.54, 1.807) is 67.8 Å². The van der Waals surface area contributed by atoms with E-state index in [0.717, 1.165) is 5.56 Å². The zero-order chi connectivity index (χ0) is 22.7. The second kappa shape index (κ2) is 9.08. The van der Waals surface area contributed by atoms with E-state index in [1.165, 1.54) is 12.0 Å². The Bertz CT molecular complexity index is 1230. The van der Waals surface area contributed by atoms with Crippen LogP contribution in [0.2, 0.25) is 5.02 Å². The summed E-state index contributed by atoms with van der Waals surface area (Å²) in [6, 6.07) is 21.1. The Hall–Kier alpha value is -3.90. The molecule has 1 heterocycles. The molecule has 0 saturated heterocycles. The SMILES string of the molecule is COC(=O)c1ccc(/C=C2/N=C(c3ccccc3Cl)N(c3ccc(OC)cc3)C2=O)cc1. The van der Waals surface area contributed by atoms with Crippen LogP contribution in [-0.2, 0) is 9.53 Å². The molecule has 32 heavy (non-hydrogen) atoms. The molecule has 0 fully saturated rings. The molecule has 0 spiro atoms. The second-order valence-corrected chi connectivity index (χ2v) is 7.30. The van der Waals surface area contributed by atoms with E-state index in [9.17, 15) is 9.59 Å². The molecular weight excluding hydrogens is 428 g/mol. The van der Waals surface area contributed by atoms with Crippen LogP contribution in [-0.4, -0.2) is 31.9 Å². The zero-order valence-electron chi connectivity index (χ0n) is 17.4. The van der Waals surface area contributed by atoms with E-state index in [1.807, 2.05) is 18.2 Å². The maximum atomic E-state index is 13.4. The third-order valence-electron chi connectivity index (χ3n) is 4.94. The van der Waals surface area contributed by atoms with E-state index in [4.69, 9.17) is 21.1 Å². The molecular formula is C25H19ClN2O4. The van der Waals surface area contributed by atoms with Gasteiger partial charge in [0.15, 0.2) is 0 Å². The van der Waals surface area contributed by atoms with E-state index in [-0.39, 0.29) is 11.6 Å². The van der Waals surface area contributed by atoms with Crippen molar-refractivity contribution in [2.45, 2.75) is 0 Å². The number of hydrogen-bond donors (Lipinski definition) is 0. The molecule has 0 bridgehead atoms. The minimum absolute atomic E-state index is 0.251. The summed E-state index contributed by atoms with van der Waals surface area (Å²) in [6.45, 7) is 0. The Morgan fingerprint density at radius 2 is 1.66 bits per heavy atom. The monoisotopic (exact) mass is 446 g/mol. The van der Waals surface area contributed by atoms with Gasteiger partial charge in [-0.15, -0.1) is 0 Å². The summed E-state index contributed by atoms with van der Waals surface area (Å²) < 4.78 is 9.95. The maximum Gasteiger partial charge on any atom is 0.337 e. The van der Waals surface area contributed by atoms with Crippen LogP contribution >= 0.6 is 11.6 Å². The highest BCUT2D eigenvalue weighted by molar-refractivity contribution is 6.39. The molecule has 0 aromatic heterocycles. The lowest BCUT2D eigenvalue weighted by Gasteiger charge is -2.19. The van der Waals surface area contributed by atoms with Crippen molar-refractivity contribution >= 4 is 41.1 Å². The van der Waals surface area contributed by atoms with Crippen LogP contribution in [0.5, 0.6) is 5.75 Å². The summed E-state index contributed by atoms with van der Waals surface area (Å²) in [4.78, 5) is 31.2. The van der Waals surface area contributed by atoms with Gasteiger partial charge in [0.2, 0.25) is 0 Å². The molecule has 160 valence electrons. The Kier molecular flexibility index (Phi) is 6.05. The number of anilines is 1. The average Bonchev–Trinajstić information content (AvgIpc) is 3.15. The van der Waals surface area contributed by atoms with Gasteiger partial charge in [-0.05, 0) is 60.2 Å². The van der Waals surface area contributed by atoms with Gasteiger partial charge in [-0.2, -0.15) is 0 Å². The third kappa shape index (κ3) is 4.13. The van der Waals surface area contributed by atoms with Crippen LogP contribution < -0.4 is 9.64 Å². The molecule has 7 heteroatoms. The number of nitrogens with zero attached hydrogens (tertiary/aromatic N) is 2. The van der Waals surface area contributed by atoms with Crippen molar-refractivity contribution in [3.05, 3.63) is 100 Å². The lowest BCUT2D eigenvalue weighted by Crippen LogP contribution is -2.32. The van der Waals surface area contributed by atoms with E-state index in [0.29, 0.717) is 33.4 Å². The number of rotatable bonds is 5. The van der Waals surface area contributed by atoms with Crippen LogP contribution in [0, 0.1) is 0 Å². The molecule has 0 aliphatic carbocycles. The van der Waals surface area contributed by atoms with E-state index < -0.39 is 5.97 Å². The fourth-order valence-corrected chi connectivity index (χ4v) is 3.52. The molecule has 1 aliphatic rings. The van der Waals surface area contributed by atoms with Gasteiger partial charge in [0.05, 0.1) is 30.5 Å². The quantitative estimate of drug-likeness (QED) is 0.410. The van der Waals surface area contributed by atoms with Crippen LogP contribution in [0.1, 0.15) is 21.5 Å². The molecule has 0 atom stereocenters. The fraction of sp³-hybridized carbons (Fsp3) is 0.0800. The van der Waals surface area contributed by atoms with Crippen molar-refractivity contribution in [2.75, 3.05) is 19.1 Å². The number of esters is 1. The first-order valence-corrected chi connectivity index (χ1v) is 10.1. The number of hydrogen-bond acceptors (Lipinski definition) is 5. The Morgan fingerprint density at radius 1 is 0.969 bits per heavy atom. The van der Waals surface area contributed by atoms with Gasteiger partial charge in [0.1, 0.15) is 17.3 Å². The van der Waals surface area contributed by atoms with Crippen LogP contribution in [0.15, 0.2) is 83.5 Å². The number of halogens is 1. The summed E-state index contributed by atoms with van der Waals surface area (Å²) in [5, 5.41) is 0.487. The number of aliphatic imine (C=N–C) groups is 1. The molecule has 1 aliphatic heterocycles. The van der Waals surface area contributed by atoms with Crippen molar-refractivity contribution < 1.29 is 19.1 Å². The van der Waals surface area contributed by atoms with Crippen molar-refractivity contribution in [3.63, 3.8) is 0 Å². The predicted molar refractivity (Wildman–Crippen MR) is 124 cm³/mol. The zero-order valence-corrected chi connectivity index (χ0v) is 18.2. The van der Waals surface area contributed by atoms with Crippen LogP contribution in [0.25, 0.3) is 6.08 Å². The molecule has 0 saturated carbocycles. The van der Waals surface area contributed by atoms with Gasteiger partial charge in [-0.1, -0.05) is 35.9 Å². The first kappa shape index (κ1) is 21.3. The minimum atomic E-state index is -0.425. The number of carbonyl (C=O) groups excluding carboxylic acids is 2. The third-order valence-corrected chi connectivity index (χ3v) is 5.27. The highest BCUT2D eigenvalue weighted by Gasteiger charge is 2.33. The van der Waals surface area contributed by atoms with Crippen LogP contribution in [0.4, 0.5) is 5.69 Å². The number of amides is 1. The maximum absolute atomic E-state index is 13.4. The van der Waals surface area contributed by atoms with Crippen LogP contribution in [0.3, 0.4) is 0 Å². The largest absolute Gasteiger partial charge is 0.497 e. The summed E-state index contributed by atoms with van der Waals surface area (Å²) in [7, 11) is 2.91. The van der Waals surface area contributed by atoms with Gasteiger partial charge in [-0.25, -0.2) is 9.79 Å². The summed E-state index contributed by atoms with van der Waals surface area (Å²) >= 11 is 6.42. The molecule has 3 aromatic carbocycles. The summed E-state index contributed by atoms with van der Waals surface area (Å²) in [6.07, 6.45) is 1.67. The molecule has 3 aromatic rings. The number of benzene rings is 3. The standard InChI is InChI=1S/C25H19ClN2O4/c1-31-19-13-11-18(12-14-19)28-23(20-5-3-4-6-21(20)26)27-22(24(28)29)15-16-7-9-17(10-8-16)25(30)32-2/h3-15H,1-2H3/b22-15+. The Morgan fingerprint density at radius 3 is 2.28 bits per heavy atom. The van der Waals surface area contributed by atoms with Crippen molar-refractivity contribution in [1.82, 2.24) is 0 Å². The summed E-state index contributed by atoms with van der Waals surface area (Å²) in [5.74, 6) is 0.397. The van der Waals surface area contributed by atoms with Crippen molar-refractivity contribution in [1.29, 1.82) is 0 Å². The molecule has 1 amide bonds. The number of amidine groups is 1. The smallest absolute Gasteiger partial charge is 0.337 e. The van der Waals surface area contributed by atoms with Crippen molar-refractivity contribution in [2.24, 2.45) is 4.99 Å². The molecule has 0 N–H and O–H groups in total. The first-order valence-electron chi connectivity index (χ1n) is 9.74. The van der Waals surface area contributed by atoms with Gasteiger partial charge < -0.3 is 9.47 Å². The van der Waals surface area contributed by atoms with Gasteiger partial charge in [-0.3, -0.25) is 9.69 Å². The van der Waals surface area contributed by atoms with Gasteiger partial charge in [0.25, 0.3) is 5.91 Å². The number of methoxy groups -OCH3 is 2. The number of carbonyl (C=O) groups is 2. The van der Waals surface area contributed by atoms with E-state index >= 15 is 0 Å². The lowest BCUT2D eigenvalue weighted by atomic mass is 10.1. The normalized spacial score (nSPS) is 14.5. The predicted octanol–water partition coefficient (Wildman–Crippen LogP) is 4.97. The molecule has 0 radical (unpaired) electrons. The Balaban J connectivity index is 1.77. The molecule has 4 rings (SSSR count). The van der Waals surface area contributed by atoms with Crippen molar-refractivity contribution in [3.8, 4) is 5.75 Å². The van der Waals surface area contributed by atoms with E-state index in [2.05, 4.69) is 4.99 Å². The van der Waals surface area contributed by atoms with Gasteiger partial charge >= 0.3 is 5.97 Å². The molecule has 0 unspecified atom stereocenters. The number of ether oxygens (including phenoxy) is 2. The average molecular weight is 447 g/mol. The lowest BCUT2D eigenvalue weighted by molar-refractivity contribution is -0.113. The first-order chi connectivity index (χ1) is 15.5. The molecule has 6 nitrogen and oxygen atoms in total.